The topological polar surface area (TPSA) is 112 Å². The van der Waals surface area contributed by atoms with Crippen molar-refractivity contribution in [2.75, 3.05) is 19.1 Å². The molecule has 2 aromatic heterocycles. The van der Waals surface area contributed by atoms with Crippen LogP contribution in [0.2, 0.25) is 0 Å². The second-order valence-electron chi connectivity index (χ2n) is 7.33. The highest BCUT2D eigenvalue weighted by Crippen LogP contribution is 2.42. The number of aromatic nitrogens is 2. The summed E-state index contributed by atoms with van der Waals surface area (Å²) < 4.78 is 15.9. The minimum Gasteiger partial charge on any atom is -0.497 e. The van der Waals surface area contributed by atoms with Crippen LogP contribution in [0.3, 0.4) is 0 Å². The van der Waals surface area contributed by atoms with Crippen LogP contribution >= 0.6 is 11.3 Å². The normalized spacial score (nSPS) is 15.1. The summed E-state index contributed by atoms with van der Waals surface area (Å²) in [4.78, 5) is 40.3. The molecule has 10 heteroatoms. The smallest absolute Gasteiger partial charge is 0.337 e. The first-order valence-electron chi connectivity index (χ1n) is 9.89. The number of rotatable bonds is 4. The number of hydrogen-bond donors (Lipinski definition) is 0. The number of esters is 1. The number of aryl methyl sites for hydroxylation is 1. The number of benzene rings is 2. The molecular formula is C23H17N3O6S. The Morgan fingerprint density at radius 3 is 2.48 bits per heavy atom. The molecule has 2 aromatic carbocycles. The Bertz CT molecular complexity index is 1470. The van der Waals surface area contributed by atoms with E-state index in [9.17, 15) is 14.4 Å². The molecule has 1 amide bonds. The van der Waals surface area contributed by atoms with Gasteiger partial charge in [0.25, 0.3) is 5.91 Å². The predicted molar refractivity (Wildman–Crippen MR) is 120 cm³/mol. The quantitative estimate of drug-likeness (QED) is 0.423. The molecule has 0 radical (unpaired) electrons. The monoisotopic (exact) mass is 463 g/mol. The molecule has 0 fully saturated rings. The van der Waals surface area contributed by atoms with Crippen molar-refractivity contribution in [1.82, 2.24) is 10.2 Å². The number of fused-ring (bicyclic) bond motifs is 2. The van der Waals surface area contributed by atoms with Gasteiger partial charge >= 0.3 is 5.97 Å². The number of amides is 1. The van der Waals surface area contributed by atoms with Crippen molar-refractivity contribution in [3.8, 4) is 5.75 Å². The Hall–Kier alpha value is -4.05. The van der Waals surface area contributed by atoms with E-state index < -0.39 is 17.9 Å². The minimum absolute atomic E-state index is 0.0596. The molecule has 9 nitrogen and oxygen atoms in total. The first-order chi connectivity index (χ1) is 15.9. The van der Waals surface area contributed by atoms with Crippen molar-refractivity contribution in [2.24, 2.45) is 0 Å². The van der Waals surface area contributed by atoms with E-state index in [2.05, 4.69) is 10.2 Å². The third-order valence-corrected chi connectivity index (χ3v) is 6.29. The fourth-order valence-electron chi connectivity index (χ4n) is 3.89. The summed E-state index contributed by atoms with van der Waals surface area (Å²) in [5.74, 6) is -0.538. The van der Waals surface area contributed by atoms with Gasteiger partial charge in [-0.3, -0.25) is 14.5 Å². The van der Waals surface area contributed by atoms with E-state index in [4.69, 9.17) is 13.9 Å². The van der Waals surface area contributed by atoms with Gasteiger partial charge in [-0.1, -0.05) is 23.5 Å². The molecule has 0 aliphatic carbocycles. The standard InChI is InChI=1S/C23H17N3O6S/c1-11-24-25-23(33-11)26-18(12-4-6-13(7-5-12)22(29)31-3)17-19(27)15-9-8-14(30-2)10-16(15)32-20(17)21(26)28/h4-10,18H,1-3H3. The van der Waals surface area contributed by atoms with Gasteiger partial charge < -0.3 is 13.9 Å². The van der Waals surface area contributed by atoms with Crippen molar-refractivity contribution in [3.05, 3.63) is 80.1 Å². The summed E-state index contributed by atoms with van der Waals surface area (Å²) >= 11 is 1.23. The third kappa shape index (κ3) is 3.26. The second kappa shape index (κ2) is 7.82. The average molecular weight is 463 g/mol. The number of ether oxygens (including phenoxy) is 2. The molecule has 0 bridgehead atoms. The van der Waals surface area contributed by atoms with Gasteiger partial charge in [0, 0.05) is 6.07 Å². The maximum absolute atomic E-state index is 13.6. The van der Waals surface area contributed by atoms with E-state index in [1.807, 2.05) is 0 Å². The Balaban J connectivity index is 1.75. The zero-order valence-electron chi connectivity index (χ0n) is 17.8. The lowest BCUT2D eigenvalue weighted by atomic mass is 9.97. The van der Waals surface area contributed by atoms with E-state index in [0.717, 1.165) is 0 Å². The van der Waals surface area contributed by atoms with Gasteiger partial charge in [0.15, 0.2) is 5.43 Å². The van der Waals surface area contributed by atoms with Crippen LogP contribution in [-0.2, 0) is 4.74 Å². The highest BCUT2D eigenvalue weighted by molar-refractivity contribution is 7.15. The molecule has 1 atom stereocenters. The first kappa shape index (κ1) is 20.8. The lowest BCUT2D eigenvalue weighted by Gasteiger charge is -2.22. The summed E-state index contributed by atoms with van der Waals surface area (Å²) in [6, 6.07) is 10.6. The largest absolute Gasteiger partial charge is 0.497 e. The lowest BCUT2D eigenvalue weighted by molar-refractivity contribution is 0.0600. The molecule has 5 rings (SSSR count). The molecule has 3 heterocycles. The van der Waals surface area contributed by atoms with Crippen LogP contribution in [0.5, 0.6) is 5.75 Å². The Labute approximate surface area is 191 Å². The van der Waals surface area contributed by atoms with Crippen molar-refractivity contribution in [3.63, 3.8) is 0 Å². The Morgan fingerprint density at radius 1 is 1.09 bits per heavy atom. The summed E-state index contributed by atoms with van der Waals surface area (Å²) in [7, 11) is 2.80. The number of methoxy groups -OCH3 is 2. The Kier molecular flexibility index (Phi) is 4.94. The van der Waals surface area contributed by atoms with Crippen molar-refractivity contribution in [2.45, 2.75) is 13.0 Å². The van der Waals surface area contributed by atoms with Crippen LogP contribution in [0.4, 0.5) is 5.13 Å². The number of anilines is 1. The minimum atomic E-state index is -0.797. The molecule has 33 heavy (non-hydrogen) atoms. The lowest BCUT2D eigenvalue weighted by Crippen LogP contribution is -2.29. The van der Waals surface area contributed by atoms with E-state index in [-0.39, 0.29) is 22.3 Å². The van der Waals surface area contributed by atoms with Gasteiger partial charge in [0.1, 0.15) is 16.3 Å². The summed E-state index contributed by atoms with van der Waals surface area (Å²) in [5.41, 5.74) is 1.09. The summed E-state index contributed by atoms with van der Waals surface area (Å²) in [6.45, 7) is 1.78. The van der Waals surface area contributed by atoms with Crippen molar-refractivity contribution in [1.29, 1.82) is 0 Å². The van der Waals surface area contributed by atoms with Gasteiger partial charge in [-0.2, -0.15) is 0 Å². The highest BCUT2D eigenvalue weighted by Gasteiger charge is 2.45. The van der Waals surface area contributed by atoms with Gasteiger partial charge in [-0.15, -0.1) is 10.2 Å². The fourth-order valence-corrected chi connectivity index (χ4v) is 4.61. The number of nitrogens with zero attached hydrogens (tertiary/aromatic N) is 3. The first-order valence-corrected chi connectivity index (χ1v) is 10.7. The van der Waals surface area contributed by atoms with Crippen molar-refractivity contribution < 1.29 is 23.5 Å². The molecule has 1 aliphatic heterocycles. The zero-order valence-corrected chi connectivity index (χ0v) is 18.6. The molecule has 0 spiro atoms. The maximum atomic E-state index is 13.6. The van der Waals surface area contributed by atoms with E-state index in [1.165, 1.54) is 30.5 Å². The summed E-state index contributed by atoms with van der Waals surface area (Å²) in [6.07, 6.45) is 0. The van der Waals surface area contributed by atoms with Crippen LogP contribution in [0, 0.1) is 6.92 Å². The zero-order chi connectivity index (χ0) is 23.3. The molecule has 1 aliphatic rings. The summed E-state index contributed by atoms with van der Waals surface area (Å²) in [5, 5.41) is 9.49. The molecule has 4 aromatic rings. The average Bonchev–Trinajstić information content (AvgIpc) is 3.39. The Morgan fingerprint density at radius 2 is 1.85 bits per heavy atom. The van der Waals surface area contributed by atoms with Gasteiger partial charge in [0.2, 0.25) is 10.9 Å². The molecule has 0 saturated carbocycles. The molecule has 1 unspecified atom stereocenters. The van der Waals surface area contributed by atoms with E-state index in [0.29, 0.717) is 32.4 Å². The van der Waals surface area contributed by atoms with Gasteiger partial charge in [-0.05, 0) is 36.8 Å². The molecule has 0 saturated heterocycles. The number of carbonyl (C=O) groups excluding carboxylic acids is 2. The second-order valence-corrected chi connectivity index (χ2v) is 8.49. The van der Waals surface area contributed by atoms with Crippen LogP contribution in [0.1, 0.15) is 43.1 Å². The SMILES string of the molecule is COC(=O)c1ccc(C2c3c(oc4cc(OC)ccc4c3=O)C(=O)N2c2nnc(C)s2)cc1. The highest BCUT2D eigenvalue weighted by atomic mass is 32.1. The van der Waals surface area contributed by atoms with Crippen LogP contribution in [0.15, 0.2) is 51.7 Å². The molecule has 166 valence electrons. The molecular weight excluding hydrogens is 446 g/mol. The predicted octanol–water partition coefficient (Wildman–Crippen LogP) is 3.50. The van der Waals surface area contributed by atoms with Crippen LogP contribution < -0.4 is 15.1 Å². The van der Waals surface area contributed by atoms with E-state index in [1.54, 1.807) is 49.4 Å². The number of carbonyl (C=O) groups is 2. The van der Waals surface area contributed by atoms with E-state index >= 15 is 0 Å². The van der Waals surface area contributed by atoms with Crippen molar-refractivity contribution >= 4 is 39.3 Å². The van der Waals surface area contributed by atoms with Crippen LogP contribution in [-0.4, -0.2) is 36.3 Å². The van der Waals surface area contributed by atoms with Gasteiger partial charge in [-0.25, -0.2) is 4.79 Å². The number of hydrogen-bond acceptors (Lipinski definition) is 9. The molecule has 0 N–H and O–H groups in total. The third-order valence-electron chi connectivity index (χ3n) is 5.45. The van der Waals surface area contributed by atoms with Gasteiger partial charge in [0.05, 0.1) is 36.8 Å². The maximum Gasteiger partial charge on any atom is 0.337 e. The fraction of sp³-hybridized carbons (Fsp3) is 0.174. The van der Waals surface area contributed by atoms with Crippen LogP contribution in [0.25, 0.3) is 11.0 Å².